The largest absolute Gasteiger partial charge is 0.378 e. The van der Waals surface area contributed by atoms with Crippen LogP contribution in [0, 0.1) is 5.82 Å². The number of carbonyl (C=O) groups is 2. The molecule has 9 heteroatoms. The number of nitrogens with zero attached hydrogens (tertiary/aromatic N) is 1. The van der Waals surface area contributed by atoms with Crippen molar-refractivity contribution in [3.63, 3.8) is 0 Å². The van der Waals surface area contributed by atoms with Crippen LogP contribution in [0.4, 0.5) is 10.1 Å². The van der Waals surface area contributed by atoms with Gasteiger partial charge in [0.1, 0.15) is 5.82 Å². The molecule has 6 rings (SSSR count). The highest BCUT2D eigenvalue weighted by atomic mass is 19.1. The third-order valence-corrected chi connectivity index (χ3v) is 7.35. The maximum absolute atomic E-state index is 13.6. The maximum atomic E-state index is 13.6. The number of benzene rings is 3. The summed E-state index contributed by atoms with van der Waals surface area (Å²) in [5, 5.41) is 7.26. The van der Waals surface area contributed by atoms with E-state index in [0.717, 1.165) is 64.8 Å². The van der Waals surface area contributed by atoms with Gasteiger partial charge in [-0.25, -0.2) is 4.39 Å². The number of aromatic amines is 2. The lowest BCUT2D eigenvalue weighted by Gasteiger charge is -2.28. The number of fused-ring (bicyclic) bond motifs is 2. The molecule has 2 aromatic heterocycles. The number of hydrogen-bond acceptors (Lipinski definition) is 4. The van der Waals surface area contributed by atoms with Crippen molar-refractivity contribution in [2.45, 2.75) is 6.42 Å². The Hall–Kier alpha value is -4.63. The number of H-pyrrole nitrogens is 2. The molecule has 204 valence electrons. The molecule has 3 aromatic carbocycles. The van der Waals surface area contributed by atoms with Gasteiger partial charge < -0.3 is 30.2 Å². The van der Waals surface area contributed by atoms with Crippen LogP contribution in [-0.2, 0) is 16.0 Å². The molecule has 1 fully saturated rings. The van der Waals surface area contributed by atoms with Crippen molar-refractivity contribution in [1.29, 1.82) is 0 Å². The second-order valence-corrected chi connectivity index (χ2v) is 9.90. The lowest BCUT2D eigenvalue weighted by molar-refractivity contribution is -0.120. The lowest BCUT2D eigenvalue weighted by Crippen LogP contribution is -2.37. The molecule has 0 radical (unpaired) electrons. The molecule has 0 spiro atoms. The average molecular weight is 540 g/mol. The van der Waals surface area contributed by atoms with E-state index in [-0.39, 0.29) is 24.2 Å². The molecule has 0 aliphatic carbocycles. The standard InChI is InChI=1S/C31H30FN5O3/c32-23-4-8-28-25(16-23)22(17-34-28)9-10-33-30(38)19-36-31(39)21-3-7-29-26(15-21)27(18-35-29)20-1-5-24(6-2-20)37-11-13-40-14-12-37/h1-8,15-18,34-35H,9-14,19H2,(H,33,38)(H,36,39). The first-order valence-corrected chi connectivity index (χ1v) is 13.4. The van der Waals surface area contributed by atoms with E-state index in [9.17, 15) is 14.0 Å². The zero-order valence-corrected chi connectivity index (χ0v) is 21.9. The highest BCUT2D eigenvalue weighted by Crippen LogP contribution is 2.31. The second-order valence-electron chi connectivity index (χ2n) is 9.90. The first kappa shape index (κ1) is 25.6. The predicted molar refractivity (Wildman–Crippen MR) is 154 cm³/mol. The highest BCUT2D eigenvalue weighted by Gasteiger charge is 2.14. The topological polar surface area (TPSA) is 102 Å². The summed E-state index contributed by atoms with van der Waals surface area (Å²) in [6, 6.07) is 18.5. The summed E-state index contributed by atoms with van der Waals surface area (Å²) in [6.45, 7) is 3.49. The number of amides is 2. The SMILES string of the molecule is O=C(CNC(=O)c1ccc2[nH]cc(-c3ccc(N4CCOCC4)cc3)c2c1)NCCc1c[nH]c2ccc(F)cc12. The number of halogens is 1. The Morgan fingerprint density at radius 1 is 0.875 bits per heavy atom. The average Bonchev–Trinajstić information content (AvgIpc) is 3.60. The van der Waals surface area contributed by atoms with Crippen LogP contribution in [0.25, 0.3) is 32.9 Å². The number of morpholine rings is 1. The van der Waals surface area contributed by atoms with E-state index < -0.39 is 0 Å². The molecule has 5 aromatic rings. The van der Waals surface area contributed by atoms with E-state index in [2.05, 4.69) is 49.8 Å². The van der Waals surface area contributed by atoms with Crippen LogP contribution in [0.15, 0.2) is 73.1 Å². The number of anilines is 1. The molecular formula is C31H30FN5O3. The fraction of sp³-hybridized carbons (Fsp3) is 0.226. The molecule has 8 nitrogen and oxygen atoms in total. The van der Waals surface area contributed by atoms with Gasteiger partial charge in [0.25, 0.3) is 5.91 Å². The minimum absolute atomic E-state index is 0.137. The summed E-state index contributed by atoms with van der Waals surface area (Å²) >= 11 is 0. The minimum Gasteiger partial charge on any atom is -0.378 e. The van der Waals surface area contributed by atoms with Crippen molar-refractivity contribution in [1.82, 2.24) is 20.6 Å². The molecule has 0 unspecified atom stereocenters. The van der Waals surface area contributed by atoms with Gasteiger partial charge in [0.2, 0.25) is 5.91 Å². The molecule has 1 aliphatic heterocycles. The number of nitrogens with one attached hydrogen (secondary N) is 4. The minimum atomic E-state index is -0.320. The number of hydrogen-bond donors (Lipinski definition) is 4. The van der Waals surface area contributed by atoms with Crippen molar-refractivity contribution in [2.24, 2.45) is 0 Å². The zero-order valence-electron chi connectivity index (χ0n) is 21.9. The lowest BCUT2D eigenvalue weighted by atomic mass is 10.0. The van der Waals surface area contributed by atoms with Crippen LogP contribution in [0.3, 0.4) is 0 Å². The Morgan fingerprint density at radius 3 is 2.45 bits per heavy atom. The first-order chi connectivity index (χ1) is 19.5. The third-order valence-electron chi connectivity index (χ3n) is 7.35. The summed E-state index contributed by atoms with van der Waals surface area (Å²) in [6.07, 6.45) is 4.32. The van der Waals surface area contributed by atoms with Crippen LogP contribution in [0.5, 0.6) is 0 Å². The van der Waals surface area contributed by atoms with Crippen LogP contribution in [0.2, 0.25) is 0 Å². The Morgan fingerprint density at radius 2 is 1.62 bits per heavy atom. The number of ether oxygens (including phenoxy) is 1. The molecule has 1 saturated heterocycles. The van der Waals surface area contributed by atoms with Gasteiger partial charge in [-0.3, -0.25) is 9.59 Å². The Labute approximate surface area is 230 Å². The summed E-state index contributed by atoms with van der Waals surface area (Å²) in [5.74, 6) is -0.908. The van der Waals surface area contributed by atoms with Crippen LogP contribution >= 0.6 is 0 Å². The molecular weight excluding hydrogens is 509 g/mol. The van der Waals surface area contributed by atoms with Gasteiger partial charge in [-0.1, -0.05) is 12.1 Å². The van der Waals surface area contributed by atoms with Crippen LogP contribution < -0.4 is 15.5 Å². The highest BCUT2D eigenvalue weighted by molar-refractivity contribution is 6.03. The van der Waals surface area contributed by atoms with Gasteiger partial charge >= 0.3 is 0 Å². The van der Waals surface area contributed by atoms with Crippen molar-refractivity contribution in [3.05, 3.63) is 90.0 Å². The number of carbonyl (C=O) groups excluding carboxylic acids is 2. The maximum Gasteiger partial charge on any atom is 0.251 e. The number of aromatic nitrogens is 2. The van der Waals surface area contributed by atoms with Gasteiger partial charge in [0, 0.05) is 70.6 Å². The van der Waals surface area contributed by atoms with Crippen LogP contribution in [-0.4, -0.2) is 61.2 Å². The summed E-state index contributed by atoms with van der Waals surface area (Å²) < 4.78 is 19.0. The van der Waals surface area contributed by atoms with Crippen molar-refractivity contribution in [2.75, 3.05) is 44.3 Å². The molecule has 3 heterocycles. The monoisotopic (exact) mass is 539 g/mol. The van der Waals surface area contributed by atoms with Gasteiger partial charge in [-0.15, -0.1) is 0 Å². The molecule has 1 aliphatic rings. The summed E-state index contributed by atoms with van der Waals surface area (Å²) in [7, 11) is 0. The third kappa shape index (κ3) is 5.41. The molecule has 0 atom stereocenters. The second kappa shape index (κ2) is 11.2. The van der Waals surface area contributed by atoms with Crippen molar-refractivity contribution < 1.29 is 18.7 Å². The molecule has 40 heavy (non-hydrogen) atoms. The Kier molecular flexibility index (Phi) is 7.20. The quantitative estimate of drug-likeness (QED) is 0.235. The zero-order chi connectivity index (χ0) is 27.5. The smallest absolute Gasteiger partial charge is 0.251 e. The van der Waals surface area contributed by atoms with E-state index in [1.807, 2.05) is 24.5 Å². The van der Waals surface area contributed by atoms with Gasteiger partial charge in [-0.2, -0.15) is 0 Å². The van der Waals surface area contributed by atoms with E-state index >= 15 is 0 Å². The first-order valence-electron chi connectivity index (χ1n) is 13.4. The van der Waals surface area contributed by atoms with E-state index in [4.69, 9.17) is 4.74 Å². The van der Waals surface area contributed by atoms with Gasteiger partial charge in [-0.05, 0) is 66.1 Å². The Balaban J connectivity index is 1.06. The van der Waals surface area contributed by atoms with Gasteiger partial charge in [0.15, 0.2) is 0 Å². The number of rotatable bonds is 8. The molecule has 2 amide bonds. The predicted octanol–water partition coefficient (Wildman–Crippen LogP) is 4.38. The fourth-order valence-corrected chi connectivity index (χ4v) is 5.19. The molecule has 0 bridgehead atoms. The van der Waals surface area contributed by atoms with E-state index in [0.29, 0.717) is 18.5 Å². The normalized spacial score (nSPS) is 13.6. The van der Waals surface area contributed by atoms with Crippen LogP contribution in [0.1, 0.15) is 15.9 Å². The molecule has 0 saturated carbocycles. The fourth-order valence-electron chi connectivity index (χ4n) is 5.19. The Bertz CT molecular complexity index is 1670. The van der Waals surface area contributed by atoms with Gasteiger partial charge in [0.05, 0.1) is 19.8 Å². The summed E-state index contributed by atoms with van der Waals surface area (Å²) in [4.78, 5) is 33.9. The van der Waals surface area contributed by atoms with E-state index in [1.54, 1.807) is 12.1 Å². The van der Waals surface area contributed by atoms with Crippen molar-refractivity contribution >= 4 is 39.3 Å². The van der Waals surface area contributed by atoms with Crippen molar-refractivity contribution in [3.8, 4) is 11.1 Å². The molecule has 4 N–H and O–H groups in total. The van der Waals surface area contributed by atoms with E-state index in [1.165, 1.54) is 17.8 Å². The summed E-state index contributed by atoms with van der Waals surface area (Å²) in [5.41, 5.74) is 6.41.